The number of fused-ring (bicyclic) bond motifs is 6. The summed E-state index contributed by atoms with van der Waals surface area (Å²) in [7, 11) is 0. The Bertz CT molecular complexity index is 1180. The quantitative estimate of drug-likeness (QED) is 0.580. The maximum atomic E-state index is 13.1. The van der Waals surface area contributed by atoms with Crippen molar-refractivity contribution >= 4 is 35.0 Å². The van der Waals surface area contributed by atoms with E-state index in [1.807, 2.05) is 48.5 Å². The molecule has 2 saturated heterocycles. The molecular weight excluding hydrogens is 464 g/mol. The van der Waals surface area contributed by atoms with E-state index in [-0.39, 0.29) is 59.1 Å². The molecule has 190 valence electrons. The Balaban J connectivity index is 1.05. The second kappa shape index (κ2) is 8.11. The Morgan fingerprint density at radius 3 is 1.35 bits per heavy atom. The van der Waals surface area contributed by atoms with Gasteiger partial charge in [0.1, 0.15) is 0 Å². The van der Waals surface area contributed by atoms with Crippen LogP contribution >= 0.6 is 0 Å². The van der Waals surface area contributed by atoms with Crippen LogP contribution in [0, 0.1) is 47.3 Å². The molecule has 0 N–H and O–H groups in total. The normalized spacial score (nSPS) is 36.2. The second-order valence-corrected chi connectivity index (χ2v) is 12.2. The molecule has 6 heteroatoms. The van der Waals surface area contributed by atoms with Crippen LogP contribution in [-0.4, -0.2) is 23.6 Å². The van der Waals surface area contributed by atoms with Crippen molar-refractivity contribution in [1.29, 1.82) is 0 Å². The van der Waals surface area contributed by atoms with Crippen LogP contribution in [0.1, 0.15) is 50.7 Å². The van der Waals surface area contributed by atoms with Crippen LogP contribution < -0.4 is 9.80 Å². The first-order chi connectivity index (χ1) is 17.8. The van der Waals surface area contributed by atoms with E-state index in [4.69, 9.17) is 0 Å². The number of carbonyl (C=O) groups is 4. The summed E-state index contributed by atoms with van der Waals surface area (Å²) in [6, 6.07) is 15.4. The van der Waals surface area contributed by atoms with Crippen LogP contribution in [0.15, 0.2) is 48.5 Å². The molecule has 8 unspecified atom stereocenters. The third-order valence-electron chi connectivity index (χ3n) is 10.1. The summed E-state index contributed by atoms with van der Waals surface area (Å²) >= 11 is 0. The molecule has 2 aromatic carbocycles. The number of nitrogens with zero attached hydrogens (tertiary/aromatic N) is 2. The van der Waals surface area contributed by atoms with Gasteiger partial charge in [0.05, 0.1) is 35.0 Å². The molecule has 5 aliphatic rings. The van der Waals surface area contributed by atoms with Crippen molar-refractivity contribution in [2.45, 2.75) is 46.0 Å². The lowest BCUT2D eigenvalue weighted by Gasteiger charge is -2.19. The van der Waals surface area contributed by atoms with Gasteiger partial charge >= 0.3 is 0 Å². The lowest BCUT2D eigenvalue weighted by atomic mass is 9.81. The first kappa shape index (κ1) is 22.9. The fourth-order valence-electron chi connectivity index (χ4n) is 8.47. The van der Waals surface area contributed by atoms with E-state index in [1.165, 1.54) is 9.80 Å². The van der Waals surface area contributed by atoms with Gasteiger partial charge in [-0.05, 0) is 91.2 Å². The summed E-state index contributed by atoms with van der Waals surface area (Å²) in [4.78, 5) is 55.2. The minimum Gasteiger partial charge on any atom is -0.274 e. The first-order valence-electron chi connectivity index (χ1n) is 13.8. The summed E-state index contributed by atoms with van der Waals surface area (Å²) in [6.45, 7) is 4.16. The summed E-state index contributed by atoms with van der Waals surface area (Å²) < 4.78 is 0. The zero-order valence-electron chi connectivity index (χ0n) is 21.3. The van der Waals surface area contributed by atoms with Gasteiger partial charge in [0.25, 0.3) is 0 Å². The van der Waals surface area contributed by atoms with Crippen molar-refractivity contribution in [3.8, 4) is 0 Å². The third kappa shape index (κ3) is 3.23. The van der Waals surface area contributed by atoms with E-state index < -0.39 is 0 Å². The van der Waals surface area contributed by atoms with Crippen LogP contribution in [0.2, 0.25) is 0 Å². The molecule has 0 spiro atoms. The Morgan fingerprint density at radius 1 is 0.568 bits per heavy atom. The number of amides is 4. The molecule has 4 amide bonds. The monoisotopic (exact) mass is 496 g/mol. The van der Waals surface area contributed by atoms with Crippen molar-refractivity contribution in [3.63, 3.8) is 0 Å². The Hall–Kier alpha value is -3.28. The molecule has 0 aromatic heterocycles. The average molecular weight is 497 g/mol. The maximum absolute atomic E-state index is 13.1. The van der Waals surface area contributed by atoms with Crippen molar-refractivity contribution in [3.05, 3.63) is 59.7 Å². The SMILES string of the molecule is CC1CC(C)C2C(=O)N(c3ccc(Cc4ccc(N5C(=O)C6C7CCC(C7)C6C5=O)cc4)cc3)C(=O)C12. The van der Waals surface area contributed by atoms with Gasteiger partial charge in [-0.1, -0.05) is 38.1 Å². The number of hydrogen-bond donors (Lipinski definition) is 0. The van der Waals surface area contributed by atoms with E-state index in [9.17, 15) is 19.2 Å². The number of carbonyl (C=O) groups excluding carboxylic acids is 4. The van der Waals surface area contributed by atoms with E-state index >= 15 is 0 Å². The Morgan fingerprint density at radius 2 is 0.946 bits per heavy atom. The first-order valence-corrected chi connectivity index (χ1v) is 13.8. The van der Waals surface area contributed by atoms with Gasteiger partial charge in [-0.15, -0.1) is 0 Å². The van der Waals surface area contributed by atoms with Gasteiger partial charge in [0.15, 0.2) is 0 Å². The number of benzene rings is 2. The smallest absolute Gasteiger partial charge is 0.237 e. The van der Waals surface area contributed by atoms with Crippen molar-refractivity contribution in [2.24, 2.45) is 47.3 Å². The van der Waals surface area contributed by atoms with Crippen LogP contribution in [0.4, 0.5) is 11.4 Å². The number of imide groups is 2. The minimum absolute atomic E-state index is 0.00975. The van der Waals surface area contributed by atoms with Gasteiger partial charge < -0.3 is 0 Å². The van der Waals surface area contributed by atoms with Crippen LogP contribution in [-0.2, 0) is 25.6 Å². The molecular formula is C31H32N2O4. The lowest BCUT2D eigenvalue weighted by Crippen LogP contribution is -2.33. The molecule has 8 atom stereocenters. The molecule has 3 aliphatic carbocycles. The second-order valence-electron chi connectivity index (χ2n) is 12.2. The standard InChI is InChI=1S/C31H32N2O4/c1-16-13-17(2)25-24(16)28(34)32(29(25)35)22-9-3-18(4-10-22)14-19-5-11-23(12-6-19)33-30(36)26-20-7-8-21(15-20)27(26)31(33)37/h3-6,9-12,16-17,20-21,24-27H,7-8,13-15H2,1-2H3. The highest BCUT2D eigenvalue weighted by Gasteiger charge is 2.61. The molecule has 0 radical (unpaired) electrons. The van der Waals surface area contributed by atoms with Crippen LogP contribution in [0.5, 0.6) is 0 Å². The van der Waals surface area contributed by atoms with Crippen LogP contribution in [0.3, 0.4) is 0 Å². The predicted molar refractivity (Wildman–Crippen MR) is 138 cm³/mol. The van der Waals surface area contributed by atoms with E-state index in [1.54, 1.807) is 0 Å². The van der Waals surface area contributed by atoms with Gasteiger partial charge in [-0.2, -0.15) is 0 Å². The molecule has 3 saturated carbocycles. The average Bonchev–Trinajstić information content (AvgIpc) is 3.67. The topological polar surface area (TPSA) is 74.8 Å². The summed E-state index contributed by atoms with van der Waals surface area (Å²) in [5, 5.41) is 0. The highest BCUT2D eigenvalue weighted by Crippen LogP contribution is 2.56. The van der Waals surface area contributed by atoms with Crippen molar-refractivity contribution in [2.75, 3.05) is 9.80 Å². The van der Waals surface area contributed by atoms with Gasteiger partial charge in [0, 0.05) is 0 Å². The minimum atomic E-state index is -0.190. The highest BCUT2D eigenvalue weighted by molar-refractivity contribution is 6.23. The van der Waals surface area contributed by atoms with Gasteiger partial charge in [0.2, 0.25) is 23.6 Å². The Labute approximate surface area is 217 Å². The molecule has 7 rings (SSSR count). The van der Waals surface area contributed by atoms with Crippen molar-refractivity contribution < 1.29 is 19.2 Å². The van der Waals surface area contributed by atoms with E-state index in [0.29, 0.717) is 29.6 Å². The van der Waals surface area contributed by atoms with Crippen LogP contribution in [0.25, 0.3) is 0 Å². The van der Waals surface area contributed by atoms with Gasteiger partial charge in [-0.25, -0.2) is 0 Å². The van der Waals surface area contributed by atoms with E-state index in [0.717, 1.165) is 36.8 Å². The van der Waals surface area contributed by atoms with Gasteiger partial charge in [-0.3, -0.25) is 29.0 Å². The fourth-order valence-corrected chi connectivity index (χ4v) is 8.47. The molecule has 2 heterocycles. The van der Waals surface area contributed by atoms with Crippen molar-refractivity contribution in [1.82, 2.24) is 0 Å². The largest absolute Gasteiger partial charge is 0.274 e. The number of anilines is 2. The third-order valence-corrected chi connectivity index (χ3v) is 10.1. The summed E-state index contributed by atoms with van der Waals surface area (Å²) in [5.74, 6) is 0.525. The molecule has 2 aromatic rings. The zero-order chi connectivity index (χ0) is 25.6. The summed E-state index contributed by atoms with van der Waals surface area (Å²) in [6.07, 6.45) is 4.81. The fraction of sp³-hybridized carbons (Fsp3) is 0.484. The number of rotatable bonds is 4. The summed E-state index contributed by atoms with van der Waals surface area (Å²) in [5.41, 5.74) is 3.45. The zero-order valence-corrected chi connectivity index (χ0v) is 21.3. The maximum Gasteiger partial charge on any atom is 0.237 e. The molecule has 37 heavy (non-hydrogen) atoms. The number of hydrogen-bond acceptors (Lipinski definition) is 4. The Kier molecular flexibility index (Phi) is 5.01. The highest BCUT2D eigenvalue weighted by atomic mass is 16.2. The molecule has 6 nitrogen and oxygen atoms in total. The predicted octanol–water partition coefficient (Wildman–Crippen LogP) is 4.59. The molecule has 2 bridgehead atoms. The molecule has 5 fully saturated rings. The lowest BCUT2D eigenvalue weighted by molar-refractivity contribution is -0.124. The van der Waals surface area contributed by atoms with E-state index in [2.05, 4.69) is 13.8 Å². The molecule has 2 aliphatic heterocycles.